The number of fused-ring (bicyclic) bond motifs is 1. The number of carbonyl (C=O) groups excluding carboxylic acids is 2. The third-order valence-electron chi connectivity index (χ3n) is 4.16. The van der Waals surface area contributed by atoms with E-state index in [-0.39, 0.29) is 36.6 Å². The quantitative estimate of drug-likeness (QED) is 0.640. The van der Waals surface area contributed by atoms with Crippen LogP contribution in [0, 0.1) is 5.92 Å². The van der Waals surface area contributed by atoms with Crippen LogP contribution in [0.4, 0.5) is 5.69 Å². The first-order valence-corrected chi connectivity index (χ1v) is 7.20. The van der Waals surface area contributed by atoms with Crippen LogP contribution in [-0.2, 0) is 9.59 Å². The fourth-order valence-corrected chi connectivity index (χ4v) is 2.93. The second kappa shape index (κ2) is 7.09. The second-order valence-electron chi connectivity index (χ2n) is 5.62. The maximum absolute atomic E-state index is 12.4. The van der Waals surface area contributed by atoms with Crippen LogP contribution in [0.2, 0.25) is 0 Å². The number of amides is 2. The molecule has 1 saturated heterocycles. The summed E-state index contributed by atoms with van der Waals surface area (Å²) < 4.78 is 0. The van der Waals surface area contributed by atoms with Gasteiger partial charge in [-0.15, -0.1) is 12.4 Å². The summed E-state index contributed by atoms with van der Waals surface area (Å²) in [7, 11) is 0. The van der Waals surface area contributed by atoms with Crippen molar-refractivity contribution in [3.63, 3.8) is 0 Å². The van der Waals surface area contributed by atoms with Gasteiger partial charge < -0.3 is 21.1 Å². The minimum absolute atomic E-state index is 0. The van der Waals surface area contributed by atoms with E-state index in [2.05, 4.69) is 16.0 Å². The molecule has 0 bridgehead atoms. The molecule has 2 aliphatic rings. The van der Waals surface area contributed by atoms with Crippen LogP contribution in [0.3, 0.4) is 0 Å². The molecule has 3 rings (SSSR count). The fraction of sp³-hybridized carbons (Fsp3) is 0.467. The Morgan fingerprint density at radius 1 is 1.32 bits per heavy atom. The summed E-state index contributed by atoms with van der Waals surface area (Å²) in [5.41, 5.74) is 1.55. The predicted molar refractivity (Wildman–Crippen MR) is 85.1 cm³/mol. The number of aliphatic hydroxyl groups excluding tert-OH is 1. The molecule has 1 fully saturated rings. The van der Waals surface area contributed by atoms with Gasteiger partial charge in [0, 0.05) is 37.7 Å². The Morgan fingerprint density at radius 3 is 2.82 bits per heavy atom. The zero-order valence-corrected chi connectivity index (χ0v) is 12.9. The summed E-state index contributed by atoms with van der Waals surface area (Å²) in [4.78, 5) is 24.1. The number of aliphatic hydroxyl groups is 1. The first kappa shape index (κ1) is 16.7. The van der Waals surface area contributed by atoms with Crippen molar-refractivity contribution in [1.29, 1.82) is 0 Å². The molecule has 7 heteroatoms. The zero-order chi connectivity index (χ0) is 14.8. The third-order valence-corrected chi connectivity index (χ3v) is 4.16. The lowest BCUT2D eigenvalue weighted by atomic mass is 9.89. The van der Waals surface area contributed by atoms with E-state index < -0.39 is 12.0 Å². The summed E-state index contributed by atoms with van der Waals surface area (Å²) in [6, 6.07) is 7.36. The van der Waals surface area contributed by atoms with E-state index in [0.29, 0.717) is 25.3 Å². The van der Waals surface area contributed by atoms with Crippen molar-refractivity contribution >= 4 is 29.9 Å². The molecule has 1 aromatic carbocycles. The minimum Gasteiger partial charge on any atom is -0.391 e. The molecule has 0 saturated carbocycles. The van der Waals surface area contributed by atoms with Crippen LogP contribution < -0.4 is 16.0 Å². The number of hydrogen-bond donors (Lipinski definition) is 4. The van der Waals surface area contributed by atoms with Gasteiger partial charge in [-0.1, -0.05) is 18.2 Å². The molecule has 0 aromatic heterocycles. The molecule has 2 aliphatic heterocycles. The number of para-hydroxylation sites is 1. The number of hydrogen-bond acceptors (Lipinski definition) is 4. The first-order valence-electron chi connectivity index (χ1n) is 7.20. The molecule has 0 radical (unpaired) electrons. The number of β-amino-alcohol motifs (C(OH)–C–C–N with tert-alkyl or cyclic N) is 1. The van der Waals surface area contributed by atoms with Crippen molar-refractivity contribution in [1.82, 2.24) is 10.6 Å². The smallest absolute Gasteiger partial charge is 0.228 e. The zero-order valence-electron chi connectivity index (χ0n) is 12.0. The van der Waals surface area contributed by atoms with E-state index in [1.165, 1.54) is 0 Å². The van der Waals surface area contributed by atoms with Crippen molar-refractivity contribution in [2.24, 2.45) is 5.92 Å². The highest BCUT2D eigenvalue weighted by atomic mass is 35.5. The lowest BCUT2D eigenvalue weighted by molar-refractivity contribution is -0.126. The second-order valence-corrected chi connectivity index (χ2v) is 5.62. The topological polar surface area (TPSA) is 90.5 Å². The molecule has 22 heavy (non-hydrogen) atoms. The molecule has 0 aliphatic carbocycles. The molecule has 2 heterocycles. The largest absolute Gasteiger partial charge is 0.391 e. The van der Waals surface area contributed by atoms with Gasteiger partial charge in [0.2, 0.25) is 11.8 Å². The van der Waals surface area contributed by atoms with Crippen LogP contribution in [-0.4, -0.2) is 42.7 Å². The van der Waals surface area contributed by atoms with Gasteiger partial charge in [-0.2, -0.15) is 0 Å². The van der Waals surface area contributed by atoms with Gasteiger partial charge in [0.1, 0.15) is 0 Å². The molecule has 120 valence electrons. The van der Waals surface area contributed by atoms with Crippen LogP contribution in [0.5, 0.6) is 0 Å². The third kappa shape index (κ3) is 3.40. The van der Waals surface area contributed by atoms with Gasteiger partial charge in [-0.25, -0.2) is 0 Å². The number of anilines is 1. The van der Waals surface area contributed by atoms with E-state index in [0.717, 1.165) is 5.56 Å². The minimum atomic E-state index is -0.457. The molecule has 3 atom stereocenters. The molecule has 0 spiro atoms. The van der Waals surface area contributed by atoms with Gasteiger partial charge in [0.25, 0.3) is 0 Å². The predicted octanol–water partition coefficient (Wildman–Crippen LogP) is 0.231. The normalized spacial score (nSPS) is 26.6. The van der Waals surface area contributed by atoms with Crippen molar-refractivity contribution in [2.75, 3.05) is 25.0 Å². The van der Waals surface area contributed by atoms with Crippen molar-refractivity contribution in [3.8, 4) is 0 Å². The highest BCUT2D eigenvalue weighted by Gasteiger charge is 2.31. The Hall–Kier alpha value is -1.63. The maximum atomic E-state index is 12.4. The first-order chi connectivity index (χ1) is 10.1. The van der Waals surface area contributed by atoms with Gasteiger partial charge in [-0.05, 0) is 11.6 Å². The fourth-order valence-electron chi connectivity index (χ4n) is 2.93. The number of halogens is 1. The lowest BCUT2D eigenvalue weighted by Gasteiger charge is -2.25. The average Bonchev–Trinajstić information content (AvgIpc) is 2.89. The van der Waals surface area contributed by atoms with E-state index in [9.17, 15) is 14.7 Å². The van der Waals surface area contributed by atoms with Gasteiger partial charge in [0.05, 0.1) is 12.0 Å². The number of benzene rings is 1. The van der Waals surface area contributed by atoms with Gasteiger partial charge in [0.15, 0.2) is 0 Å². The van der Waals surface area contributed by atoms with Gasteiger partial charge >= 0.3 is 0 Å². The van der Waals surface area contributed by atoms with E-state index in [1.54, 1.807) is 6.07 Å². The number of nitrogens with one attached hydrogen (secondary N) is 3. The van der Waals surface area contributed by atoms with Crippen LogP contribution in [0.25, 0.3) is 0 Å². The van der Waals surface area contributed by atoms with Crippen LogP contribution >= 0.6 is 12.4 Å². The van der Waals surface area contributed by atoms with Crippen LogP contribution in [0.15, 0.2) is 24.3 Å². The van der Waals surface area contributed by atoms with Crippen molar-refractivity contribution < 1.29 is 14.7 Å². The summed E-state index contributed by atoms with van der Waals surface area (Å²) in [6.07, 6.45) is -0.263. The Labute approximate surface area is 135 Å². The molecule has 4 N–H and O–H groups in total. The van der Waals surface area contributed by atoms with Gasteiger partial charge in [-0.3, -0.25) is 9.59 Å². The number of carbonyl (C=O) groups is 2. The maximum Gasteiger partial charge on any atom is 0.228 e. The summed E-state index contributed by atoms with van der Waals surface area (Å²) in [5.74, 6) is -0.726. The molecular formula is C15H20ClN3O3. The Bertz CT molecular complexity index is 567. The monoisotopic (exact) mass is 325 g/mol. The summed E-state index contributed by atoms with van der Waals surface area (Å²) >= 11 is 0. The van der Waals surface area contributed by atoms with Crippen molar-refractivity contribution in [2.45, 2.75) is 18.4 Å². The molecule has 3 unspecified atom stereocenters. The Morgan fingerprint density at radius 2 is 2.09 bits per heavy atom. The highest BCUT2D eigenvalue weighted by Crippen LogP contribution is 2.32. The van der Waals surface area contributed by atoms with E-state index in [4.69, 9.17) is 0 Å². The average molecular weight is 326 g/mol. The van der Waals surface area contributed by atoms with Crippen molar-refractivity contribution in [3.05, 3.63) is 29.8 Å². The molecular weight excluding hydrogens is 306 g/mol. The van der Waals surface area contributed by atoms with Crippen LogP contribution in [0.1, 0.15) is 17.9 Å². The lowest BCUT2D eigenvalue weighted by Crippen LogP contribution is -2.39. The summed E-state index contributed by atoms with van der Waals surface area (Å²) in [6.45, 7) is 1.69. The molecule has 6 nitrogen and oxygen atoms in total. The molecule has 2 amide bonds. The Balaban J connectivity index is 0.00000176. The van der Waals surface area contributed by atoms with E-state index in [1.807, 2.05) is 18.2 Å². The Kier molecular flexibility index (Phi) is 5.39. The SMILES string of the molecule is Cl.O=C1CC(C(=O)NCC2CNCC2O)c2ccccc2N1. The molecule has 1 aromatic rings. The summed E-state index contributed by atoms with van der Waals surface area (Å²) in [5, 5.41) is 18.5. The standard InChI is InChI=1S/C15H19N3O3.ClH/c19-13-8-16-6-9(13)7-17-15(21)11-5-14(20)18-12-4-2-1-3-10(11)12;/h1-4,9,11,13,16,19H,5-8H2,(H,17,21)(H,18,20);1H. The van der Waals surface area contributed by atoms with E-state index >= 15 is 0 Å². The highest BCUT2D eigenvalue weighted by molar-refractivity contribution is 6.01. The number of rotatable bonds is 3.